The number of fused-ring (bicyclic) bond motifs is 1. The number of aromatic nitrogens is 2. The Hall–Kier alpha value is -0.930. The van der Waals surface area contributed by atoms with Crippen LogP contribution in [0.25, 0.3) is 11.4 Å². The van der Waals surface area contributed by atoms with E-state index < -0.39 is 0 Å². The molecule has 88 valence electrons. The molecule has 0 amide bonds. The summed E-state index contributed by atoms with van der Waals surface area (Å²) < 4.78 is 0. The second-order valence-electron chi connectivity index (χ2n) is 4.44. The first-order valence-electron chi connectivity index (χ1n) is 5.78. The van der Waals surface area contributed by atoms with Gasteiger partial charge in [-0.05, 0) is 39.2 Å². The molecule has 1 aliphatic carbocycles. The van der Waals surface area contributed by atoms with Crippen molar-refractivity contribution in [3.63, 3.8) is 0 Å². The lowest BCUT2D eigenvalue weighted by molar-refractivity contribution is 0.900. The van der Waals surface area contributed by atoms with Gasteiger partial charge in [0.05, 0.1) is 0 Å². The van der Waals surface area contributed by atoms with Crippen LogP contribution in [0.3, 0.4) is 0 Å². The summed E-state index contributed by atoms with van der Waals surface area (Å²) in [4.78, 5) is 11.7. The number of thiophene rings is 1. The molecule has 0 atom stereocenters. The van der Waals surface area contributed by atoms with Crippen LogP contribution in [-0.4, -0.2) is 9.97 Å². The SMILES string of the molecule is Cc1cc(-c2nc(Cl)c3c(n2)CCC3)c(C)s1. The van der Waals surface area contributed by atoms with Crippen molar-refractivity contribution in [2.24, 2.45) is 0 Å². The van der Waals surface area contributed by atoms with E-state index in [-0.39, 0.29) is 0 Å². The minimum absolute atomic E-state index is 0.644. The van der Waals surface area contributed by atoms with Gasteiger partial charge in [0.15, 0.2) is 5.82 Å². The van der Waals surface area contributed by atoms with E-state index in [1.807, 2.05) is 0 Å². The fourth-order valence-electron chi connectivity index (χ4n) is 2.36. The lowest BCUT2D eigenvalue weighted by Crippen LogP contribution is -1.97. The molecule has 0 aromatic carbocycles. The van der Waals surface area contributed by atoms with Gasteiger partial charge in [-0.3, -0.25) is 0 Å². The van der Waals surface area contributed by atoms with Gasteiger partial charge in [-0.15, -0.1) is 11.3 Å². The molecule has 2 heterocycles. The minimum Gasteiger partial charge on any atom is -0.233 e. The summed E-state index contributed by atoms with van der Waals surface area (Å²) in [7, 11) is 0. The van der Waals surface area contributed by atoms with E-state index in [1.165, 1.54) is 9.75 Å². The molecule has 17 heavy (non-hydrogen) atoms. The third-order valence-corrected chi connectivity index (χ3v) is 4.44. The number of hydrogen-bond donors (Lipinski definition) is 0. The molecule has 4 heteroatoms. The predicted octanol–water partition coefficient (Wildman–Crippen LogP) is 3.96. The number of halogens is 1. The van der Waals surface area contributed by atoms with Crippen LogP contribution in [0.15, 0.2) is 6.07 Å². The van der Waals surface area contributed by atoms with Crippen molar-refractivity contribution < 1.29 is 0 Å². The van der Waals surface area contributed by atoms with Gasteiger partial charge in [-0.25, -0.2) is 9.97 Å². The third-order valence-electron chi connectivity index (χ3n) is 3.16. The first-order chi connectivity index (χ1) is 8.15. The molecule has 2 aromatic rings. The van der Waals surface area contributed by atoms with Gasteiger partial charge in [-0.2, -0.15) is 0 Å². The van der Waals surface area contributed by atoms with E-state index in [9.17, 15) is 0 Å². The number of hydrogen-bond acceptors (Lipinski definition) is 3. The summed E-state index contributed by atoms with van der Waals surface area (Å²) in [6, 6.07) is 2.15. The third kappa shape index (κ3) is 1.87. The van der Waals surface area contributed by atoms with Crippen LogP contribution < -0.4 is 0 Å². The van der Waals surface area contributed by atoms with Crippen LogP contribution in [0.1, 0.15) is 27.4 Å². The van der Waals surface area contributed by atoms with E-state index in [0.29, 0.717) is 5.15 Å². The topological polar surface area (TPSA) is 25.8 Å². The van der Waals surface area contributed by atoms with Crippen molar-refractivity contribution >= 4 is 22.9 Å². The van der Waals surface area contributed by atoms with Crippen LogP contribution in [0.2, 0.25) is 5.15 Å². The molecule has 0 spiro atoms. The standard InChI is InChI=1S/C13H13ClN2S/c1-7-6-10(8(2)17-7)13-15-11-5-3-4-9(11)12(14)16-13/h6H,3-5H2,1-2H3. The van der Waals surface area contributed by atoms with Gasteiger partial charge in [0.25, 0.3) is 0 Å². The normalized spacial score (nSPS) is 14.1. The summed E-state index contributed by atoms with van der Waals surface area (Å²) in [5, 5.41) is 0.644. The summed E-state index contributed by atoms with van der Waals surface area (Å²) in [6.45, 7) is 4.22. The van der Waals surface area contributed by atoms with Crippen molar-refractivity contribution in [1.29, 1.82) is 0 Å². The van der Waals surface area contributed by atoms with Gasteiger partial charge in [0.1, 0.15) is 5.15 Å². The lowest BCUT2D eigenvalue weighted by atomic mass is 10.2. The summed E-state index contributed by atoms with van der Waals surface area (Å²) >= 11 is 8.02. The highest BCUT2D eigenvalue weighted by molar-refractivity contribution is 7.12. The second-order valence-corrected chi connectivity index (χ2v) is 6.26. The smallest absolute Gasteiger partial charge is 0.162 e. The number of nitrogens with zero attached hydrogens (tertiary/aromatic N) is 2. The highest BCUT2D eigenvalue weighted by Crippen LogP contribution is 2.32. The van der Waals surface area contributed by atoms with Gasteiger partial charge in [0.2, 0.25) is 0 Å². The fraction of sp³-hybridized carbons (Fsp3) is 0.385. The second kappa shape index (κ2) is 4.07. The Morgan fingerprint density at radius 2 is 2.06 bits per heavy atom. The molecule has 2 aromatic heterocycles. The zero-order valence-electron chi connectivity index (χ0n) is 9.88. The Labute approximate surface area is 110 Å². The van der Waals surface area contributed by atoms with Gasteiger partial charge >= 0.3 is 0 Å². The van der Waals surface area contributed by atoms with Crippen molar-refractivity contribution in [2.75, 3.05) is 0 Å². The molecule has 2 nitrogen and oxygen atoms in total. The largest absolute Gasteiger partial charge is 0.233 e. The number of aryl methyl sites for hydroxylation is 3. The molecule has 1 aliphatic rings. The van der Waals surface area contributed by atoms with Crippen molar-refractivity contribution in [3.05, 3.63) is 32.2 Å². The van der Waals surface area contributed by atoms with Crippen molar-refractivity contribution in [2.45, 2.75) is 33.1 Å². The maximum absolute atomic E-state index is 6.24. The van der Waals surface area contributed by atoms with E-state index in [2.05, 4.69) is 29.9 Å². The summed E-state index contributed by atoms with van der Waals surface area (Å²) in [5.74, 6) is 0.789. The molecule has 0 aliphatic heterocycles. The van der Waals surface area contributed by atoms with Crippen molar-refractivity contribution in [3.8, 4) is 11.4 Å². The van der Waals surface area contributed by atoms with Crippen LogP contribution in [0, 0.1) is 13.8 Å². The molecular formula is C13H13ClN2S. The first kappa shape index (κ1) is 11.2. The first-order valence-corrected chi connectivity index (χ1v) is 6.97. The van der Waals surface area contributed by atoms with Gasteiger partial charge in [-0.1, -0.05) is 11.6 Å². The molecule has 0 saturated heterocycles. The Balaban J connectivity index is 2.16. The zero-order valence-corrected chi connectivity index (χ0v) is 11.5. The fourth-order valence-corrected chi connectivity index (χ4v) is 3.56. The van der Waals surface area contributed by atoms with Gasteiger partial charge < -0.3 is 0 Å². The Kier molecular flexibility index (Phi) is 2.68. The average molecular weight is 265 g/mol. The molecule has 0 fully saturated rings. The molecule has 0 radical (unpaired) electrons. The Bertz CT molecular complexity index is 589. The van der Waals surface area contributed by atoms with Crippen LogP contribution in [-0.2, 0) is 12.8 Å². The molecule has 3 rings (SSSR count). The summed E-state index contributed by atoms with van der Waals surface area (Å²) in [5.41, 5.74) is 3.42. The zero-order chi connectivity index (χ0) is 12.0. The van der Waals surface area contributed by atoms with Crippen LogP contribution >= 0.6 is 22.9 Å². The monoisotopic (exact) mass is 264 g/mol. The quantitative estimate of drug-likeness (QED) is 0.729. The highest BCUT2D eigenvalue weighted by atomic mass is 35.5. The molecule has 0 N–H and O–H groups in total. The Morgan fingerprint density at radius 3 is 2.76 bits per heavy atom. The Morgan fingerprint density at radius 1 is 1.24 bits per heavy atom. The predicted molar refractivity (Wildman–Crippen MR) is 71.9 cm³/mol. The van der Waals surface area contributed by atoms with E-state index in [0.717, 1.165) is 41.9 Å². The van der Waals surface area contributed by atoms with Crippen LogP contribution in [0.4, 0.5) is 0 Å². The molecule has 0 saturated carbocycles. The number of rotatable bonds is 1. The maximum Gasteiger partial charge on any atom is 0.162 e. The van der Waals surface area contributed by atoms with Crippen molar-refractivity contribution in [1.82, 2.24) is 9.97 Å². The van der Waals surface area contributed by atoms with Crippen LogP contribution in [0.5, 0.6) is 0 Å². The average Bonchev–Trinajstić information content (AvgIpc) is 2.84. The summed E-state index contributed by atoms with van der Waals surface area (Å²) in [6.07, 6.45) is 3.21. The van der Waals surface area contributed by atoms with E-state index in [1.54, 1.807) is 11.3 Å². The molecule has 0 unspecified atom stereocenters. The molecular weight excluding hydrogens is 252 g/mol. The van der Waals surface area contributed by atoms with Gasteiger partial charge in [0, 0.05) is 26.6 Å². The van der Waals surface area contributed by atoms with E-state index >= 15 is 0 Å². The lowest BCUT2D eigenvalue weighted by Gasteiger charge is -2.05. The molecule has 0 bridgehead atoms. The van der Waals surface area contributed by atoms with E-state index in [4.69, 9.17) is 11.6 Å². The minimum atomic E-state index is 0.644. The maximum atomic E-state index is 6.24. The highest BCUT2D eigenvalue weighted by Gasteiger charge is 2.19.